The molecule has 2 aromatic carbocycles. The summed E-state index contributed by atoms with van der Waals surface area (Å²) in [7, 11) is 0. The Bertz CT molecular complexity index is 651. The molecule has 0 fully saturated rings. The molecule has 0 spiro atoms. The highest BCUT2D eigenvalue weighted by Crippen LogP contribution is 2.34. The van der Waals surface area contributed by atoms with Crippen molar-refractivity contribution >= 4 is 5.78 Å². The van der Waals surface area contributed by atoms with Gasteiger partial charge < -0.3 is 14.6 Å². The lowest BCUT2D eigenvalue weighted by Gasteiger charge is -2.10. The molecule has 0 aliphatic carbocycles. The molecule has 2 aromatic rings. The van der Waals surface area contributed by atoms with E-state index in [1.807, 2.05) is 0 Å². The van der Waals surface area contributed by atoms with E-state index in [9.17, 15) is 14.3 Å². The summed E-state index contributed by atoms with van der Waals surface area (Å²) < 4.78 is 23.2. The molecule has 4 nitrogen and oxygen atoms in total. The number of aliphatic hydroxyl groups is 1. The molecule has 0 bridgehead atoms. The third kappa shape index (κ3) is 2.23. The van der Waals surface area contributed by atoms with Crippen LogP contribution in [0.15, 0.2) is 42.5 Å². The van der Waals surface area contributed by atoms with Crippen LogP contribution in [0, 0.1) is 5.82 Å². The predicted octanol–water partition coefficient (Wildman–Crippen LogP) is 2.47. The van der Waals surface area contributed by atoms with E-state index in [4.69, 9.17) is 9.47 Å². The number of hydrogen-bond acceptors (Lipinski definition) is 4. The van der Waals surface area contributed by atoms with Crippen molar-refractivity contribution in [1.29, 1.82) is 0 Å². The molecule has 0 amide bonds. The molecule has 1 unspecified atom stereocenters. The van der Waals surface area contributed by atoms with Gasteiger partial charge in [0.25, 0.3) is 0 Å². The van der Waals surface area contributed by atoms with Crippen LogP contribution in [0.25, 0.3) is 0 Å². The molecule has 0 radical (unpaired) electrons. The monoisotopic (exact) mass is 274 g/mol. The lowest BCUT2D eigenvalue weighted by Crippen LogP contribution is -2.12. The number of fused-ring (bicyclic) bond motifs is 1. The van der Waals surface area contributed by atoms with Crippen LogP contribution in [0.1, 0.15) is 22.0 Å². The zero-order valence-corrected chi connectivity index (χ0v) is 10.4. The molecular formula is C15H11FO4. The molecular weight excluding hydrogens is 263 g/mol. The maximum absolute atomic E-state index is 12.8. The molecule has 20 heavy (non-hydrogen) atoms. The maximum atomic E-state index is 12.8. The number of halogens is 1. The van der Waals surface area contributed by atoms with Gasteiger partial charge in [0.15, 0.2) is 17.3 Å². The topological polar surface area (TPSA) is 55.8 Å². The fourth-order valence-corrected chi connectivity index (χ4v) is 2.01. The van der Waals surface area contributed by atoms with Gasteiger partial charge >= 0.3 is 0 Å². The minimum Gasteiger partial charge on any atom is -0.454 e. The highest BCUT2D eigenvalue weighted by molar-refractivity contribution is 5.99. The van der Waals surface area contributed by atoms with E-state index >= 15 is 0 Å². The summed E-state index contributed by atoms with van der Waals surface area (Å²) in [4.78, 5) is 12.1. The van der Waals surface area contributed by atoms with Crippen LogP contribution in [0.2, 0.25) is 0 Å². The summed E-state index contributed by atoms with van der Waals surface area (Å²) in [5, 5.41) is 10.1. The second kappa shape index (κ2) is 4.94. The average Bonchev–Trinajstić information content (AvgIpc) is 2.94. The summed E-state index contributed by atoms with van der Waals surface area (Å²) in [6.07, 6.45) is -1.32. The van der Waals surface area contributed by atoms with E-state index in [1.54, 1.807) is 18.2 Å². The van der Waals surface area contributed by atoms with Crippen LogP contribution < -0.4 is 9.47 Å². The van der Waals surface area contributed by atoms with Gasteiger partial charge in [-0.15, -0.1) is 0 Å². The van der Waals surface area contributed by atoms with E-state index in [1.165, 1.54) is 24.3 Å². The normalized spacial score (nSPS) is 14.1. The van der Waals surface area contributed by atoms with Crippen LogP contribution in [0.4, 0.5) is 4.39 Å². The van der Waals surface area contributed by atoms with Gasteiger partial charge in [-0.25, -0.2) is 4.39 Å². The van der Waals surface area contributed by atoms with E-state index in [0.717, 1.165) is 0 Å². The molecule has 102 valence electrons. The molecule has 5 heteroatoms. The Morgan fingerprint density at radius 1 is 1.10 bits per heavy atom. The van der Waals surface area contributed by atoms with Crippen molar-refractivity contribution in [2.75, 3.05) is 6.79 Å². The van der Waals surface area contributed by atoms with Gasteiger partial charge in [-0.1, -0.05) is 6.07 Å². The second-order valence-electron chi connectivity index (χ2n) is 4.39. The standard InChI is InChI=1S/C15H11FO4/c16-11-4-1-9(2-5-11)14(17)15(18)10-3-6-12-13(7-10)20-8-19-12/h1-7,15,18H,8H2. The highest BCUT2D eigenvalue weighted by atomic mass is 19.1. The van der Waals surface area contributed by atoms with Crippen molar-refractivity contribution in [3.8, 4) is 11.5 Å². The van der Waals surface area contributed by atoms with Gasteiger partial charge in [0.1, 0.15) is 11.9 Å². The zero-order chi connectivity index (χ0) is 14.1. The minimum atomic E-state index is -1.32. The maximum Gasteiger partial charge on any atom is 0.231 e. The minimum absolute atomic E-state index is 0.126. The van der Waals surface area contributed by atoms with Crippen LogP contribution in [-0.4, -0.2) is 17.7 Å². The first-order valence-corrected chi connectivity index (χ1v) is 6.02. The van der Waals surface area contributed by atoms with E-state index in [0.29, 0.717) is 17.1 Å². The summed E-state index contributed by atoms with van der Waals surface area (Å²) >= 11 is 0. The van der Waals surface area contributed by atoms with Crippen molar-refractivity contribution in [1.82, 2.24) is 0 Å². The van der Waals surface area contributed by atoms with Crippen LogP contribution >= 0.6 is 0 Å². The fraction of sp³-hybridized carbons (Fsp3) is 0.133. The number of aliphatic hydroxyl groups excluding tert-OH is 1. The Morgan fingerprint density at radius 2 is 1.80 bits per heavy atom. The Morgan fingerprint density at radius 3 is 2.55 bits per heavy atom. The van der Waals surface area contributed by atoms with E-state index in [-0.39, 0.29) is 12.4 Å². The molecule has 1 aliphatic heterocycles. The number of Topliss-reactive ketones (excluding diaryl/α,β-unsaturated/α-hetero) is 1. The molecule has 1 heterocycles. The quantitative estimate of drug-likeness (QED) is 0.874. The van der Waals surface area contributed by atoms with Crippen molar-refractivity contribution < 1.29 is 23.8 Å². The predicted molar refractivity (Wildman–Crippen MR) is 68.3 cm³/mol. The van der Waals surface area contributed by atoms with Gasteiger partial charge in [0.05, 0.1) is 0 Å². The lowest BCUT2D eigenvalue weighted by molar-refractivity contribution is 0.0747. The number of carbonyl (C=O) groups excluding carboxylic acids is 1. The van der Waals surface area contributed by atoms with E-state index in [2.05, 4.69) is 0 Å². The molecule has 1 atom stereocenters. The Kier molecular flexibility index (Phi) is 3.12. The van der Waals surface area contributed by atoms with E-state index < -0.39 is 17.7 Å². The van der Waals surface area contributed by atoms with Crippen LogP contribution in [0.3, 0.4) is 0 Å². The SMILES string of the molecule is O=C(c1ccc(F)cc1)C(O)c1ccc2c(c1)OCO2. The van der Waals surface area contributed by atoms with Crippen LogP contribution in [-0.2, 0) is 0 Å². The zero-order valence-electron chi connectivity index (χ0n) is 10.4. The van der Waals surface area contributed by atoms with Gasteiger partial charge in [0, 0.05) is 5.56 Å². The highest BCUT2D eigenvalue weighted by Gasteiger charge is 2.22. The van der Waals surface area contributed by atoms with Crippen molar-refractivity contribution in [3.63, 3.8) is 0 Å². The third-order valence-electron chi connectivity index (χ3n) is 3.09. The number of benzene rings is 2. The summed E-state index contributed by atoms with van der Waals surface area (Å²) in [6, 6.07) is 9.84. The third-order valence-corrected chi connectivity index (χ3v) is 3.09. The van der Waals surface area contributed by atoms with Crippen molar-refractivity contribution in [2.45, 2.75) is 6.10 Å². The summed E-state index contributed by atoms with van der Waals surface area (Å²) in [5.41, 5.74) is 0.653. The Hall–Kier alpha value is -2.40. The number of ether oxygens (including phenoxy) is 2. The second-order valence-corrected chi connectivity index (χ2v) is 4.39. The van der Waals surface area contributed by atoms with Crippen molar-refractivity contribution in [3.05, 3.63) is 59.4 Å². The first kappa shape index (κ1) is 12.6. The summed E-state index contributed by atoms with van der Waals surface area (Å²) in [5.74, 6) is 0.145. The first-order chi connectivity index (χ1) is 9.65. The molecule has 0 saturated heterocycles. The van der Waals surface area contributed by atoms with Gasteiger partial charge in [0.2, 0.25) is 6.79 Å². The average molecular weight is 274 g/mol. The fourth-order valence-electron chi connectivity index (χ4n) is 2.01. The molecule has 1 N–H and O–H groups in total. The van der Waals surface area contributed by atoms with Gasteiger partial charge in [-0.3, -0.25) is 4.79 Å². The Balaban J connectivity index is 1.86. The molecule has 0 aromatic heterocycles. The van der Waals surface area contributed by atoms with Gasteiger partial charge in [-0.2, -0.15) is 0 Å². The summed E-state index contributed by atoms with van der Waals surface area (Å²) in [6.45, 7) is 0.126. The molecule has 0 saturated carbocycles. The Labute approximate surface area is 114 Å². The van der Waals surface area contributed by atoms with Crippen molar-refractivity contribution in [2.24, 2.45) is 0 Å². The first-order valence-electron chi connectivity index (χ1n) is 6.02. The lowest BCUT2D eigenvalue weighted by atomic mass is 9.99. The number of rotatable bonds is 3. The number of hydrogen-bond donors (Lipinski definition) is 1. The molecule has 3 rings (SSSR count). The van der Waals surface area contributed by atoms with Gasteiger partial charge in [-0.05, 0) is 42.0 Å². The number of ketones is 1. The smallest absolute Gasteiger partial charge is 0.231 e. The molecule has 1 aliphatic rings. The van der Waals surface area contributed by atoms with Crippen LogP contribution in [0.5, 0.6) is 11.5 Å². The largest absolute Gasteiger partial charge is 0.454 e. The number of carbonyl (C=O) groups is 1.